The van der Waals surface area contributed by atoms with Crippen LogP contribution in [-0.2, 0) is 20.8 Å². The van der Waals surface area contributed by atoms with Crippen molar-refractivity contribution in [3.05, 3.63) is 71.9 Å². The van der Waals surface area contributed by atoms with E-state index in [4.69, 9.17) is 0 Å². The normalized spacial score (nSPS) is 18.3. The Morgan fingerprint density at radius 2 is 1.81 bits per heavy atom. The van der Waals surface area contributed by atoms with E-state index in [0.29, 0.717) is 12.0 Å². The number of hydrogen-bond acceptors (Lipinski definition) is 3. The molecule has 0 aliphatic carbocycles. The number of hydrogen-bond donors (Lipinski definition) is 1. The Labute approximate surface area is 157 Å². The molecule has 0 radical (unpaired) electrons. The first-order chi connectivity index (χ1) is 13.1. The third-order valence-electron chi connectivity index (χ3n) is 5.16. The molecule has 5 heteroatoms. The molecule has 0 spiro atoms. The van der Waals surface area contributed by atoms with Crippen molar-refractivity contribution in [2.75, 3.05) is 0 Å². The molecule has 0 bridgehead atoms. The van der Waals surface area contributed by atoms with Crippen LogP contribution in [0.2, 0.25) is 0 Å². The fourth-order valence-corrected chi connectivity index (χ4v) is 3.91. The largest absolute Gasteiger partial charge is 0.361 e. The lowest BCUT2D eigenvalue weighted by Gasteiger charge is -2.24. The molecule has 0 saturated carbocycles. The fourth-order valence-electron chi connectivity index (χ4n) is 3.91. The zero-order valence-electron chi connectivity index (χ0n) is 15.0. The summed E-state index contributed by atoms with van der Waals surface area (Å²) in [5, 5.41) is 0.852. The fraction of sp³-hybridized carbons (Fsp3) is 0.227. The quantitative estimate of drug-likeness (QED) is 0.709. The number of aromatic nitrogens is 1. The number of benzene rings is 2. The van der Waals surface area contributed by atoms with E-state index < -0.39 is 12.0 Å². The van der Waals surface area contributed by atoms with Crippen LogP contribution in [0.5, 0.6) is 0 Å². The molecule has 3 aromatic rings. The van der Waals surface area contributed by atoms with Gasteiger partial charge in [-0.2, -0.15) is 0 Å². The molecule has 136 valence electrons. The molecule has 2 unspecified atom stereocenters. The summed E-state index contributed by atoms with van der Waals surface area (Å²) >= 11 is 0. The summed E-state index contributed by atoms with van der Waals surface area (Å²) in [5.41, 5.74) is 2.55. The molecule has 1 N–H and O–H groups in total. The van der Waals surface area contributed by atoms with Gasteiger partial charge >= 0.3 is 0 Å². The number of aromatic amines is 1. The summed E-state index contributed by atoms with van der Waals surface area (Å²) in [4.78, 5) is 42.5. The van der Waals surface area contributed by atoms with Crippen molar-refractivity contribution < 1.29 is 14.4 Å². The van der Waals surface area contributed by atoms with Gasteiger partial charge in [0.05, 0.1) is 5.92 Å². The third-order valence-corrected chi connectivity index (χ3v) is 5.16. The number of rotatable bonds is 5. The molecule has 27 heavy (non-hydrogen) atoms. The van der Waals surface area contributed by atoms with Crippen molar-refractivity contribution in [2.24, 2.45) is 5.92 Å². The molecule has 1 aliphatic heterocycles. The number of imide groups is 1. The first-order valence-corrected chi connectivity index (χ1v) is 9.02. The van der Waals surface area contributed by atoms with Gasteiger partial charge in [0.25, 0.3) is 0 Å². The van der Waals surface area contributed by atoms with Crippen LogP contribution >= 0.6 is 0 Å². The second-order valence-electron chi connectivity index (χ2n) is 7.00. The van der Waals surface area contributed by atoms with E-state index in [-0.39, 0.29) is 24.0 Å². The Morgan fingerprint density at radius 1 is 1.11 bits per heavy atom. The lowest BCUT2D eigenvalue weighted by molar-refractivity contribution is -0.146. The molecule has 1 aromatic heterocycles. The minimum atomic E-state index is -0.887. The molecule has 1 fully saturated rings. The SMILES string of the molecule is CC(=O)C(c1c[nH]c2ccccc12)N1C(=O)CC(Cc2ccccc2)C1=O. The highest BCUT2D eigenvalue weighted by molar-refractivity contribution is 6.08. The topological polar surface area (TPSA) is 70.2 Å². The van der Waals surface area contributed by atoms with E-state index in [1.54, 1.807) is 6.20 Å². The van der Waals surface area contributed by atoms with Gasteiger partial charge in [-0.05, 0) is 25.0 Å². The van der Waals surface area contributed by atoms with Crippen molar-refractivity contribution in [3.63, 3.8) is 0 Å². The maximum atomic E-state index is 13.0. The maximum absolute atomic E-state index is 13.0. The van der Waals surface area contributed by atoms with Crippen LogP contribution < -0.4 is 0 Å². The van der Waals surface area contributed by atoms with Gasteiger partial charge < -0.3 is 4.98 Å². The number of nitrogens with one attached hydrogen (secondary N) is 1. The summed E-state index contributed by atoms with van der Waals surface area (Å²) in [6.07, 6.45) is 2.36. The molecular formula is C22H20N2O3. The van der Waals surface area contributed by atoms with Crippen LogP contribution in [0.15, 0.2) is 60.8 Å². The standard InChI is InChI=1S/C22H20N2O3/c1-14(25)21(18-13-23-19-10-6-5-9-17(18)19)24-20(26)12-16(22(24)27)11-15-7-3-2-4-8-15/h2-10,13,16,21,23H,11-12H2,1H3. The molecule has 2 atom stereocenters. The van der Waals surface area contributed by atoms with Crippen LogP contribution in [0.1, 0.15) is 30.5 Å². The van der Waals surface area contributed by atoms with E-state index in [1.807, 2.05) is 54.6 Å². The summed E-state index contributed by atoms with van der Waals surface area (Å²) in [6.45, 7) is 1.43. The van der Waals surface area contributed by atoms with Crippen molar-refractivity contribution in [1.29, 1.82) is 0 Å². The molecule has 4 rings (SSSR count). The number of ketones is 1. The summed E-state index contributed by atoms with van der Waals surface area (Å²) in [7, 11) is 0. The average molecular weight is 360 g/mol. The highest BCUT2D eigenvalue weighted by atomic mass is 16.2. The molecule has 2 aromatic carbocycles. The number of carbonyl (C=O) groups excluding carboxylic acids is 3. The van der Waals surface area contributed by atoms with E-state index >= 15 is 0 Å². The van der Waals surface area contributed by atoms with Crippen molar-refractivity contribution in [3.8, 4) is 0 Å². The van der Waals surface area contributed by atoms with E-state index in [0.717, 1.165) is 16.5 Å². The number of para-hydroxylation sites is 1. The number of Topliss-reactive ketones (excluding diaryl/α,β-unsaturated/α-hetero) is 1. The Hall–Kier alpha value is -3.21. The number of fused-ring (bicyclic) bond motifs is 1. The second kappa shape index (κ2) is 6.83. The molecule has 1 saturated heterocycles. The number of nitrogens with zero attached hydrogens (tertiary/aromatic N) is 1. The van der Waals surface area contributed by atoms with Gasteiger partial charge in [-0.15, -0.1) is 0 Å². The monoisotopic (exact) mass is 360 g/mol. The maximum Gasteiger partial charge on any atom is 0.234 e. The van der Waals surface area contributed by atoms with Gasteiger partial charge in [0, 0.05) is 29.1 Å². The van der Waals surface area contributed by atoms with Gasteiger partial charge in [-0.3, -0.25) is 19.3 Å². The molecule has 5 nitrogen and oxygen atoms in total. The predicted octanol–water partition coefficient (Wildman–Crippen LogP) is 3.42. The van der Waals surface area contributed by atoms with E-state index in [1.165, 1.54) is 11.8 Å². The number of likely N-dealkylation sites (tertiary alicyclic amines) is 1. The van der Waals surface area contributed by atoms with Crippen LogP contribution in [0.25, 0.3) is 10.9 Å². The summed E-state index contributed by atoms with van der Waals surface area (Å²) in [6, 6.07) is 16.3. The van der Waals surface area contributed by atoms with Gasteiger partial charge in [0.15, 0.2) is 5.78 Å². The Morgan fingerprint density at radius 3 is 2.56 bits per heavy atom. The van der Waals surface area contributed by atoms with Gasteiger partial charge in [-0.25, -0.2) is 0 Å². The highest BCUT2D eigenvalue weighted by Crippen LogP contribution is 2.35. The lowest BCUT2D eigenvalue weighted by atomic mass is 9.97. The average Bonchev–Trinajstić information content (AvgIpc) is 3.20. The minimum absolute atomic E-state index is 0.139. The van der Waals surface area contributed by atoms with Gasteiger partial charge in [0.2, 0.25) is 11.8 Å². The Bertz CT molecular complexity index is 1020. The first-order valence-electron chi connectivity index (χ1n) is 9.02. The predicted molar refractivity (Wildman–Crippen MR) is 102 cm³/mol. The molecule has 2 amide bonds. The van der Waals surface area contributed by atoms with Crippen molar-refractivity contribution in [2.45, 2.75) is 25.8 Å². The third kappa shape index (κ3) is 3.05. The van der Waals surface area contributed by atoms with Crippen LogP contribution in [0.3, 0.4) is 0 Å². The number of H-pyrrole nitrogens is 1. The smallest absolute Gasteiger partial charge is 0.234 e. The lowest BCUT2D eigenvalue weighted by Crippen LogP contribution is -2.38. The second-order valence-corrected chi connectivity index (χ2v) is 7.00. The van der Waals surface area contributed by atoms with E-state index in [2.05, 4.69) is 4.98 Å². The van der Waals surface area contributed by atoms with Gasteiger partial charge in [0.1, 0.15) is 6.04 Å². The van der Waals surface area contributed by atoms with Crippen molar-refractivity contribution in [1.82, 2.24) is 9.88 Å². The first kappa shape index (κ1) is 17.2. The zero-order valence-corrected chi connectivity index (χ0v) is 15.0. The van der Waals surface area contributed by atoms with Crippen LogP contribution in [0.4, 0.5) is 0 Å². The minimum Gasteiger partial charge on any atom is -0.361 e. The molecule has 2 heterocycles. The Kier molecular flexibility index (Phi) is 4.36. The zero-order chi connectivity index (χ0) is 19.0. The summed E-state index contributed by atoms with van der Waals surface area (Å²) < 4.78 is 0. The van der Waals surface area contributed by atoms with Gasteiger partial charge in [-0.1, -0.05) is 48.5 Å². The molecule has 1 aliphatic rings. The summed E-state index contributed by atoms with van der Waals surface area (Å²) in [5.74, 6) is -1.20. The Balaban J connectivity index is 1.68. The number of carbonyl (C=O) groups is 3. The highest BCUT2D eigenvalue weighted by Gasteiger charge is 2.44. The van der Waals surface area contributed by atoms with E-state index in [9.17, 15) is 14.4 Å². The van der Waals surface area contributed by atoms with Crippen LogP contribution in [-0.4, -0.2) is 27.5 Å². The van der Waals surface area contributed by atoms with Crippen molar-refractivity contribution >= 4 is 28.5 Å². The molecular weight excluding hydrogens is 340 g/mol. The number of amides is 2. The van der Waals surface area contributed by atoms with Crippen LogP contribution in [0, 0.1) is 5.92 Å².